The summed E-state index contributed by atoms with van der Waals surface area (Å²) in [5.74, 6) is 0.247. The van der Waals surface area contributed by atoms with Gasteiger partial charge in [0.05, 0.1) is 30.2 Å². The van der Waals surface area contributed by atoms with Crippen molar-refractivity contribution in [2.45, 2.75) is 59.4 Å². The lowest BCUT2D eigenvalue weighted by molar-refractivity contribution is 0.00702. The Labute approximate surface area is 242 Å². The second kappa shape index (κ2) is 11.8. The molecule has 3 aromatic carbocycles. The van der Waals surface area contributed by atoms with Gasteiger partial charge >= 0.3 is 5.97 Å². The predicted molar refractivity (Wildman–Crippen MR) is 160 cm³/mol. The minimum Gasteiger partial charge on any atom is -0.456 e. The van der Waals surface area contributed by atoms with Crippen molar-refractivity contribution < 1.29 is 18.7 Å². The molecule has 40 heavy (non-hydrogen) atoms. The number of carbonyl (C=O) groups excluding carboxylic acids is 1. The summed E-state index contributed by atoms with van der Waals surface area (Å²) in [6.07, 6.45) is 1.54. The molecule has 206 valence electrons. The summed E-state index contributed by atoms with van der Waals surface area (Å²) in [6, 6.07) is 23.8. The standard InChI is InChI=1S/C33H33BrN2O4/c1-5-28-27(29(36-35-28)20-38-19-21-11-7-6-8-12-21)18-22-15-16-24-26(17-22)31(34)39-30(24)23-13-9-10-14-25(23)32(37)40-33(2,3)4/h6-17H,5,18-20H2,1-4H3,(H,35,36). The Morgan fingerprint density at radius 2 is 1.70 bits per heavy atom. The highest BCUT2D eigenvalue weighted by molar-refractivity contribution is 9.10. The maximum Gasteiger partial charge on any atom is 0.339 e. The molecule has 0 spiro atoms. The van der Waals surface area contributed by atoms with E-state index in [1.165, 1.54) is 0 Å². The Hall–Kier alpha value is -3.68. The van der Waals surface area contributed by atoms with Gasteiger partial charge in [-0.15, -0.1) is 0 Å². The van der Waals surface area contributed by atoms with Gasteiger partial charge in [-0.2, -0.15) is 5.10 Å². The maximum absolute atomic E-state index is 13.0. The largest absolute Gasteiger partial charge is 0.456 e. The Bertz CT molecular complexity index is 1630. The minimum absolute atomic E-state index is 0.380. The molecule has 0 radical (unpaired) electrons. The van der Waals surface area contributed by atoms with Crippen LogP contribution in [0.2, 0.25) is 0 Å². The molecule has 2 aromatic heterocycles. The van der Waals surface area contributed by atoms with E-state index in [9.17, 15) is 4.79 Å². The van der Waals surface area contributed by atoms with Crippen molar-refractivity contribution in [1.82, 2.24) is 10.2 Å². The summed E-state index contributed by atoms with van der Waals surface area (Å²) in [5, 5.41) is 9.60. The zero-order valence-corrected chi connectivity index (χ0v) is 24.8. The van der Waals surface area contributed by atoms with Crippen LogP contribution in [0.15, 0.2) is 81.9 Å². The summed E-state index contributed by atoms with van der Waals surface area (Å²) in [5.41, 5.74) is 6.02. The number of benzene rings is 3. The van der Waals surface area contributed by atoms with Crippen LogP contribution in [0.1, 0.15) is 66.1 Å². The number of rotatable bonds is 9. The summed E-state index contributed by atoms with van der Waals surface area (Å²) in [7, 11) is 0. The van der Waals surface area contributed by atoms with Gasteiger partial charge in [0.2, 0.25) is 0 Å². The second-order valence-electron chi connectivity index (χ2n) is 10.8. The van der Waals surface area contributed by atoms with E-state index < -0.39 is 5.60 Å². The highest BCUT2D eigenvalue weighted by atomic mass is 79.9. The molecule has 1 N–H and O–H groups in total. The average Bonchev–Trinajstić information content (AvgIpc) is 3.48. The third-order valence-electron chi connectivity index (χ3n) is 6.63. The molecular weight excluding hydrogens is 568 g/mol. The third kappa shape index (κ3) is 6.21. The Kier molecular flexibility index (Phi) is 8.24. The summed E-state index contributed by atoms with van der Waals surface area (Å²) in [4.78, 5) is 13.0. The maximum atomic E-state index is 13.0. The van der Waals surface area contributed by atoms with Crippen LogP contribution in [-0.4, -0.2) is 21.8 Å². The number of ether oxygens (including phenoxy) is 2. The number of aromatic nitrogens is 2. The van der Waals surface area contributed by atoms with Gasteiger partial charge in [-0.1, -0.05) is 67.6 Å². The monoisotopic (exact) mass is 600 g/mol. The topological polar surface area (TPSA) is 77.3 Å². The lowest BCUT2D eigenvalue weighted by Gasteiger charge is -2.20. The lowest BCUT2D eigenvalue weighted by atomic mass is 9.98. The molecule has 0 saturated carbocycles. The van der Waals surface area contributed by atoms with E-state index in [0.29, 0.717) is 41.2 Å². The SMILES string of the molecule is CCc1n[nH]c(COCc2ccccc2)c1Cc1ccc2c(-c3ccccc3C(=O)OC(C)(C)C)oc(Br)c2c1. The van der Waals surface area contributed by atoms with E-state index in [0.717, 1.165) is 45.3 Å². The second-order valence-corrected chi connectivity index (χ2v) is 11.5. The molecule has 6 nitrogen and oxygen atoms in total. The van der Waals surface area contributed by atoms with Crippen LogP contribution in [0.5, 0.6) is 0 Å². The summed E-state index contributed by atoms with van der Waals surface area (Å²) >= 11 is 3.62. The molecule has 2 heterocycles. The molecular formula is C33H33BrN2O4. The number of H-pyrrole nitrogens is 1. The van der Waals surface area contributed by atoms with Gasteiger partial charge in [-0.25, -0.2) is 4.79 Å². The number of carbonyl (C=O) groups is 1. The Balaban J connectivity index is 1.42. The molecule has 0 aliphatic rings. The average molecular weight is 602 g/mol. The van der Waals surface area contributed by atoms with Crippen LogP contribution >= 0.6 is 15.9 Å². The van der Waals surface area contributed by atoms with Gasteiger partial charge in [0.1, 0.15) is 11.4 Å². The van der Waals surface area contributed by atoms with Crippen molar-refractivity contribution in [3.05, 3.63) is 111 Å². The van der Waals surface area contributed by atoms with Crippen LogP contribution in [0, 0.1) is 0 Å². The quantitative estimate of drug-likeness (QED) is 0.172. The number of fused-ring (bicyclic) bond motifs is 1. The fraction of sp³-hybridized carbons (Fsp3) is 0.273. The van der Waals surface area contributed by atoms with Crippen molar-refractivity contribution in [3.63, 3.8) is 0 Å². The molecule has 5 rings (SSSR count). The number of nitrogens with zero attached hydrogens (tertiary/aromatic N) is 1. The number of hydrogen-bond donors (Lipinski definition) is 1. The van der Waals surface area contributed by atoms with E-state index >= 15 is 0 Å². The Morgan fingerprint density at radius 1 is 0.950 bits per heavy atom. The highest BCUT2D eigenvalue weighted by Gasteiger charge is 2.24. The smallest absolute Gasteiger partial charge is 0.339 e. The van der Waals surface area contributed by atoms with Gasteiger partial charge in [0, 0.05) is 28.3 Å². The molecule has 0 bridgehead atoms. The van der Waals surface area contributed by atoms with Crippen molar-refractivity contribution >= 4 is 32.7 Å². The molecule has 0 aliphatic carbocycles. The molecule has 0 fully saturated rings. The van der Waals surface area contributed by atoms with Gasteiger partial charge < -0.3 is 13.9 Å². The first-order valence-electron chi connectivity index (χ1n) is 13.4. The summed E-state index contributed by atoms with van der Waals surface area (Å²) in [6.45, 7) is 8.69. The first-order chi connectivity index (χ1) is 19.2. The number of furan rings is 1. The number of aromatic amines is 1. The van der Waals surface area contributed by atoms with E-state index in [2.05, 4.69) is 63.4 Å². The molecule has 0 aliphatic heterocycles. The number of hydrogen-bond acceptors (Lipinski definition) is 5. The number of halogens is 1. The van der Waals surface area contributed by atoms with Crippen molar-refractivity contribution in [2.75, 3.05) is 0 Å². The van der Waals surface area contributed by atoms with Crippen LogP contribution in [0.3, 0.4) is 0 Å². The van der Waals surface area contributed by atoms with Crippen molar-refractivity contribution in [1.29, 1.82) is 0 Å². The Morgan fingerprint density at radius 3 is 2.45 bits per heavy atom. The first kappa shape index (κ1) is 27.9. The molecule has 0 unspecified atom stereocenters. The molecule has 0 atom stereocenters. The van der Waals surface area contributed by atoms with Gasteiger partial charge in [-0.05, 0) is 66.4 Å². The zero-order chi connectivity index (χ0) is 28.3. The van der Waals surface area contributed by atoms with Crippen LogP contribution in [0.4, 0.5) is 0 Å². The molecule has 0 amide bonds. The molecule has 5 aromatic rings. The van der Waals surface area contributed by atoms with Gasteiger partial charge in [0.25, 0.3) is 0 Å². The molecule has 0 saturated heterocycles. The zero-order valence-electron chi connectivity index (χ0n) is 23.2. The van der Waals surface area contributed by atoms with Crippen molar-refractivity contribution in [3.8, 4) is 11.3 Å². The van der Waals surface area contributed by atoms with E-state index in [-0.39, 0.29) is 5.97 Å². The highest BCUT2D eigenvalue weighted by Crippen LogP contribution is 2.39. The van der Waals surface area contributed by atoms with E-state index in [1.807, 2.05) is 57.2 Å². The van der Waals surface area contributed by atoms with Crippen molar-refractivity contribution in [2.24, 2.45) is 0 Å². The van der Waals surface area contributed by atoms with E-state index in [1.54, 1.807) is 6.07 Å². The number of nitrogens with one attached hydrogen (secondary N) is 1. The van der Waals surface area contributed by atoms with Crippen LogP contribution < -0.4 is 0 Å². The lowest BCUT2D eigenvalue weighted by Crippen LogP contribution is -2.24. The normalized spacial score (nSPS) is 11.7. The number of esters is 1. The first-order valence-corrected chi connectivity index (χ1v) is 14.2. The molecule has 7 heteroatoms. The van der Waals surface area contributed by atoms with E-state index in [4.69, 9.17) is 13.9 Å². The minimum atomic E-state index is -0.596. The predicted octanol–water partition coefficient (Wildman–Crippen LogP) is 8.41. The van der Waals surface area contributed by atoms with Crippen LogP contribution in [-0.2, 0) is 35.5 Å². The summed E-state index contributed by atoms with van der Waals surface area (Å²) < 4.78 is 18.5. The number of aryl methyl sites for hydroxylation is 1. The van der Waals surface area contributed by atoms with Crippen LogP contribution in [0.25, 0.3) is 22.1 Å². The fourth-order valence-electron chi connectivity index (χ4n) is 4.77. The van der Waals surface area contributed by atoms with Gasteiger partial charge in [-0.3, -0.25) is 5.10 Å². The van der Waals surface area contributed by atoms with Gasteiger partial charge in [0.15, 0.2) is 4.67 Å². The fourth-order valence-corrected chi connectivity index (χ4v) is 5.26. The third-order valence-corrected chi connectivity index (χ3v) is 7.22.